The van der Waals surface area contributed by atoms with Crippen molar-refractivity contribution in [1.29, 1.82) is 0 Å². The third kappa shape index (κ3) is 4.50. The van der Waals surface area contributed by atoms with Crippen molar-refractivity contribution in [3.63, 3.8) is 0 Å². The van der Waals surface area contributed by atoms with E-state index in [0.717, 1.165) is 5.56 Å². The Bertz CT molecular complexity index is 812. The zero-order valence-corrected chi connectivity index (χ0v) is 16.1. The molecule has 1 aliphatic rings. The van der Waals surface area contributed by atoms with E-state index in [1.54, 1.807) is 6.07 Å². The Hall–Kier alpha value is -2.34. The van der Waals surface area contributed by atoms with Crippen LogP contribution >= 0.6 is 11.8 Å². The van der Waals surface area contributed by atoms with E-state index < -0.39 is 17.8 Å². The lowest BCUT2D eigenvalue weighted by Crippen LogP contribution is -2.44. The van der Waals surface area contributed by atoms with Crippen LogP contribution in [0.2, 0.25) is 0 Å². The molecule has 0 spiro atoms. The molecule has 3 rings (SSSR count). The van der Waals surface area contributed by atoms with E-state index in [-0.39, 0.29) is 22.8 Å². The van der Waals surface area contributed by atoms with Crippen LogP contribution in [-0.4, -0.2) is 35.2 Å². The molecule has 0 radical (unpaired) electrons. The molecule has 0 aliphatic carbocycles. The molecular weight excluding hydrogens is 365 g/mol. The summed E-state index contributed by atoms with van der Waals surface area (Å²) >= 11 is 1.51. The molecule has 1 heterocycles. The molecule has 0 bridgehead atoms. The van der Waals surface area contributed by atoms with Crippen LogP contribution in [0.3, 0.4) is 0 Å². The Balaban J connectivity index is 1.92. The molecule has 4 nitrogen and oxygen atoms in total. The number of carbonyl (C=O) groups excluding carboxylic acids is 2. The number of hydrogen-bond acceptors (Lipinski definition) is 4. The van der Waals surface area contributed by atoms with Crippen molar-refractivity contribution < 1.29 is 18.7 Å². The van der Waals surface area contributed by atoms with Crippen molar-refractivity contribution in [1.82, 2.24) is 4.90 Å². The third-order valence-electron chi connectivity index (χ3n) is 4.22. The fourth-order valence-electron chi connectivity index (χ4n) is 2.93. The summed E-state index contributed by atoms with van der Waals surface area (Å²) in [4.78, 5) is 27.3. The number of halogens is 1. The van der Waals surface area contributed by atoms with Crippen LogP contribution in [0, 0.1) is 11.7 Å². The fourth-order valence-corrected chi connectivity index (χ4v) is 4.34. The van der Waals surface area contributed by atoms with Crippen LogP contribution in [-0.2, 0) is 9.53 Å². The largest absolute Gasteiger partial charge is 0.464 e. The van der Waals surface area contributed by atoms with E-state index in [4.69, 9.17) is 4.74 Å². The minimum absolute atomic E-state index is 0.209. The Morgan fingerprint density at radius 3 is 2.59 bits per heavy atom. The van der Waals surface area contributed by atoms with Crippen molar-refractivity contribution in [3.8, 4) is 0 Å². The number of hydrogen-bond donors (Lipinski definition) is 0. The molecule has 0 N–H and O–H groups in total. The number of ether oxygens (including phenoxy) is 1. The third-order valence-corrected chi connectivity index (χ3v) is 5.55. The number of esters is 1. The van der Waals surface area contributed by atoms with E-state index in [0.29, 0.717) is 12.4 Å². The van der Waals surface area contributed by atoms with Gasteiger partial charge in [0.15, 0.2) is 0 Å². The molecule has 27 heavy (non-hydrogen) atoms. The van der Waals surface area contributed by atoms with Gasteiger partial charge in [-0.15, -0.1) is 11.8 Å². The van der Waals surface area contributed by atoms with Gasteiger partial charge in [0.05, 0.1) is 6.61 Å². The molecular formula is C21H22FNO3S. The van der Waals surface area contributed by atoms with Crippen molar-refractivity contribution >= 4 is 23.6 Å². The second-order valence-electron chi connectivity index (χ2n) is 6.86. The Morgan fingerprint density at radius 1 is 1.19 bits per heavy atom. The predicted octanol–water partition coefficient (Wildman–Crippen LogP) is 4.28. The fraction of sp³-hybridized carbons (Fsp3) is 0.333. The summed E-state index contributed by atoms with van der Waals surface area (Å²) < 4.78 is 19.0. The number of amides is 1. The lowest BCUT2D eigenvalue weighted by Gasteiger charge is -2.29. The van der Waals surface area contributed by atoms with Crippen LogP contribution in [0.25, 0.3) is 0 Å². The molecule has 1 amide bonds. The van der Waals surface area contributed by atoms with E-state index in [1.807, 2.05) is 44.2 Å². The Labute approximate surface area is 162 Å². The Kier molecular flexibility index (Phi) is 6.16. The predicted molar refractivity (Wildman–Crippen MR) is 104 cm³/mol. The molecule has 2 aromatic carbocycles. The van der Waals surface area contributed by atoms with Gasteiger partial charge in [-0.25, -0.2) is 9.18 Å². The summed E-state index contributed by atoms with van der Waals surface area (Å²) in [6.45, 7) is 4.22. The van der Waals surface area contributed by atoms with Gasteiger partial charge in [-0.3, -0.25) is 4.79 Å². The maximum absolute atomic E-state index is 13.6. The number of rotatable bonds is 5. The van der Waals surface area contributed by atoms with Gasteiger partial charge in [0.25, 0.3) is 5.91 Å². The average molecular weight is 387 g/mol. The van der Waals surface area contributed by atoms with Crippen molar-refractivity contribution in [2.75, 3.05) is 12.4 Å². The van der Waals surface area contributed by atoms with Crippen LogP contribution in [0.4, 0.5) is 4.39 Å². The number of carbonyl (C=O) groups is 2. The molecule has 0 unspecified atom stereocenters. The number of benzene rings is 2. The van der Waals surface area contributed by atoms with E-state index >= 15 is 0 Å². The first-order chi connectivity index (χ1) is 13.0. The Morgan fingerprint density at radius 2 is 1.93 bits per heavy atom. The van der Waals surface area contributed by atoms with Crippen LogP contribution in [0.5, 0.6) is 0 Å². The summed E-state index contributed by atoms with van der Waals surface area (Å²) in [6.07, 6.45) is 0. The van der Waals surface area contributed by atoms with Gasteiger partial charge < -0.3 is 9.64 Å². The standard InChI is InChI=1S/C21H22FNO3S/c1-14(2)12-26-21(25)18-13-27-20(15-7-4-3-5-8-15)23(18)19(24)16-9-6-10-17(22)11-16/h3-11,14,18,20H,12-13H2,1-2H3/t18-,20-/m0/s1. The topological polar surface area (TPSA) is 46.6 Å². The first-order valence-electron chi connectivity index (χ1n) is 8.89. The van der Waals surface area contributed by atoms with Gasteiger partial charge in [0.2, 0.25) is 0 Å². The molecule has 2 atom stereocenters. The molecule has 2 aromatic rings. The summed E-state index contributed by atoms with van der Waals surface area (Å²) in [7, 11) is 0. The average Bonchev–Trinajstić information content (AvgIpc) is 3.11. The summed E-state index contributed by atoms with van der Waals surface area (Å²) in [6, 6.07) is 14.4. The van der Waals surface area contributed by atoms with E-state index in [1.165, 1.54) is 34.9 Å². The molecule has 0 aromatic heterocycles. The molecule has 1 fully saturated rings. The van der Waals surface area contributed by atoms with E-state index in [9.17, 15) is 14.0 Å². The molecule has 142 valence electrons. The lowest BCUT2D eigenvalue weighted by atomic mass is 10.1. The molecule has 6 heteroatoms. The monoisotopic (exact) mass is 387 g/mol. The second kappa shape index (κ2) is 8.57. The smallest absolute Gasteiger partial charge is 0.329 e. The van der Waals surface area contributed by atoms with E-state index in [2.05, 4.69) is 0 Å². The lowest BCUT2D eigenvalue weighted by molar-refractivity contribution is -0.149. The van der Waals surface area contributed by atoms with Crippen molar-refractivity contribution in [3.05, 3.63) is 71.5 Å². The molecule has 1 aliphatic heterocycles. The van der Waals surface area contributed by atoms with Crippen LogP contribution in [0.15, 0.2) is 54.6 Å². The van der Waals surface area contributed by atoms with Gasteiger partial charge in [0.1, 0.15) is 17.2 Å². The van der Waals surface area contributed by atoms with Gasteiger partial charge >= 0.3 is 5.97 Å². The first-order valence-corrected chi connectivity index (χ1v) is 9.93. The first kappa shape index (κ1) is 19.4. The maximum atomic E-state index is 13.6. The van der Waals surface area contributed by atoms with Gasteiger partial charge in [-0.2, -0.15) is 0 Å². The maximum Gasteiger partial charge on any atom is 0.329 e. The zero-order chi connectivity index (χ0) is 19.4. The van der Waals surface area contributed by atoms with Gasteiger partial charge in [0, 0.05) is 11.3 Å². The normalized spacial score (nSPS) is 19.3. The highest BCUT2D eigenvalue weighted by molar-refractivity contribution is 7.99. The van der Waals surface area contributed by atoms with Crippen molar-refractivity contribution in [2.24, 2.45) is 5.92 Å². The molecule has 1 saturated heterocycles. The van der Waals surface area contributed by atoms with Crippen LogP contribution in [0.1, 0.15) is 35.1 Å². The highest BCUT2D eigenvalue weighted by Crippen LogP contribution is 2.42. The van der Waals surface area contributed by atoms with Gasteiger partial charge in [-0.05, 0) is 29.7 Å². The quantitative estimate of drug-likeness (QED) is 0.719. The van der Waals surface area contributed by atoms with Crippen molar-refractivity contribution in [2.45, 2.75) is 25.3 Å². The highest BCUT2D eigenvalue weighted by atomic mass is 32.2. The zero-order valence-electron chi connectivity index (χ0n) is 15.3. The van der Waals surface area contributed by atoms with Crippen LogP contribution < -0.4 is 0 Å². The second-order valence-corrected chi connectivity index (χ2v) is 7.97. The minimum Gasteiger partial charge on any atom is -0.464 e. The number of thioether (sulfide) groups is 1. The SMILES string of the molecule is CC(C)COC(=O)[C@@H]1CS[C@@H](c2ccccc2)N1C(=O)c1cccc(F)c1. The number of nitrogens with zero attached hydrogens (tertiary/aromatic N) is 1. The summed E-state index contributed by atoms with van der Waals surface area (Å²) in [5.41, 5.74) is 1.14. The van der Waals surface area contributed by atoms with Gasteiger partial charge in [-0.1, -0.05) is 50.2 Å². The summed E-state index contributed by atoms with van der Waals surface area (Å²) in [5, 5.41) is -0.321. The molecule has 0 saturated carbocycles. The minimum atomic E-state index is -0.699. The summed E-state index contributed by atoms with van der Waals surface area (Å²) in [5.74, 6) is -0.625. The highest BCUT2D eigenvalue weighted by Gasteiger charge is 2.43.